The number of aryl methyl sites for hydroxylation is 1. The highest BCUT2D eigenvalue weighted by atomic mass is 16.2. The predicted molar refractivity (Wildman–Crippen MR) is 94.1 cm³/mol. The molecule has 2 heterocycles. The highest BCUT2D eigenvalue weighted by Crippen LogP contribution is 2.19. The van der Waals surface area contributed by atoms with Crippen molar-refractivity contribution in [2.24, 2.45) is 7.05 Å². The van der Waals surface area contributed by atoms with E-state index in [4.69, 9.17) is 0 Å². The highest BCUT2D eigenvalue weighted by molar-refractivity contribution is 5.94. The lowest BCUT2D eigenvalue weighted by Crippen LogP contribution is -2.39. The molecule has 1 aromatic carbocycles. The maximum absolute atomic E-state index is 12.6. The van der Waals surface area contributed by atoms with Gasteiger partial charge >= 0.3 is 0 Å². The molecule has 1 aromatic heterocycles. The third-order valence-corrected chi connectivity index (χ3v) is 4.45. The van der Waals surface area contributed by atoms with E-state index in [9.17, 15) is 14.4 Å². The van der Waals surface area contributed by atoms with E-state index in [1.54, 1.807) is 24.2 Å². The van der Waals surface area contributed by atoms with Crippen LogP contribution in [0.1, 0.15) is 34.8 Å². The van der Waals surface area contributed by atoms with Crippen molar-refractivity contribution in [2.75, 3.05) is 13.1 Å². The maximum Gasteiger partial charge on any atom is 0.252 e. The first-order chi connectivity index (χ1) is 12.0. The van der Waals surface area contributed by atoms with Crippen molar-refractivity contribution in [1.82, 2.24) is 14.8 Å². The number of carbonyl (C=O) groups is 2. The van der Waals surface area contributed by atoms with Crippen LogP contribution in [0.2, 0.25) is 0 Å². The van der Waals surface area contributed by atoms with Gasteiger partial charge in [-0.2, -0.15) is 0 Å². The second kappa shape index (κ2) is 7.34. The van der Waals surface area contributed by atoms with Crippen LogP contribution in [0.25, 0.3) is 0 Å². The molecule has 2 aromatic rings. The second-order valence-corrected chi connectivity index (χ2v) is 6.24. The van der Waals surface area contributed by atoms with Gasteiger partial charge in [-0.3, -0.25) is 14.4 Å². The normalized spacial score (nSPS) is 15.2. The molecule has 1 aliphatic heterocycles. The average molecular weight is 339 g/mol. The molecule has 1 N–H and O–H groups in total. The van der Waals surface area contributed by atoms with Crippen LogP contribution in [-0.4, -0.2) is 34.4 Å². The molecule has 0 spiro atoms. The molecule has 6 nitrogen and oxygen atoms in total. The van der Waals surface area contributed by atoms with Crippen molar-refractivity contribution in [2.45, 2.75) is 18.9 Å². The first-order valence-electron chi connectivity index (χ1n) is 8.35. The Morgan fingerprint density at radius 2 is 1.96 bits per heavy atom. The minimum Gasteiger partial charge on any atom is -0.343 e. The average Bonchev–Trinajstić information content (AvgIpc) is 3.02. The molecule has 0 saturated carbocycles. The first kappa shape index (κ1) is 17.0. The molecule has 1 atom stereocenters. The predicted octanol–water partition coefficient (Wildman–Crippen LogP) is 1.48. The van der Waals surface area contributed by atoms with Crippen LogP contribution in [-0.2, 0) is 11.8 Å². The zero-order valence-electron chi connectivity index (χ0n) is 14.1. The highest BCUT2D eigenvalue weighted by Gasteiger charge is 2.25. The van der Waals surface area contributed by atoms with Gasteiger partial charge in [0.2, 0.25) is 5.91 Å². The summed E-state index contributed by atoms with van der Waals surface area (Å²) in [6.07, 6.45) is 2.98. The number of nitrogens with one attached hydrogen (secondary N) is 1. The molecular formula is C19H21N3O3. The van der Waals surface area contributed by atoms with Crippen LogP contribution >= 0.6 is 0 Å². The Hall–Kier alpha value is -2.89. The zero-order chi connectivity index (χ0) is 17.8. The lowest BCUT2D eigenvalue weighted by atomic mass is 10.1. The molecule has 1 saturated heterocycles. The topological polar surface area (TPSA) is 71.4 Å². The Morgan fingerprint density at radius 1 is 1.20 bits per heavy atom. The summed E-state index contributed by atoms with van der Waals surface area (Å²) in [7, 11) is 1.63. The van der Waals surface area contributed by atoms with Crippen molar-refractivity contribution in [3.05, 3.63) is 70.1 Å². The fraction of sp³-hybridized carbons (Fsp3) is 0.316. The molecule has 130 valence electrons. The van der Waals surface area contributed by atoms with Crippen molar-refractivity contribution in [3.8, 4) is 0 Å². The van der Waals surface area contributed by atoms with Crippen molar-refractivity contribution < 1.29 is 9.59 Å². The summed E-state index contributed by atoms with van der Waals surface area (Å²) in [6.45, 7) is 1.14. The Bertz CT molecular complexity index is 829. The third kappa shape index (κ3) is 3.96. The number of hydrogen-bond donors (Lipinski definition) is 1. The van der Waals surface area contributed by atoms with Gasteiger partial charge in [0.25, 0.3) is 11.5 Å². The SMILES string of the molecule is Cn1ccc(C(=O)NC(CN2CCCC2=O)c2ccccc2)cc1=O. The molecule has 0 bridgehead atoms. The Morgan fingerprint density at radius 3 is 2.60 bits per heavy atom. The summed E-state index contributed by atoms with van der Waals surface area (Å²) in [5.41, 5.74) is 1.01. The molecular weight excluding hydrogens is 318 g/mol. The summed E-state index contributed by atoms with van der Waals surface area (Å²) >= 11 is 0. The summed E-state index contributed by atoms with van der Waals surface area (Å²) < 4.78 is 1.41. The fourth-order valence-corrected chi connectivity index (χ4v) is 2.97. The van der Waals surface area contributed by atoms with Gasteiger partial charge < -0.3 is 14.8 Å². The molecule has 1 fully saturated rings. The van der Waals surface area contributed by atoms with Gasteiger partial charge in [-0.25, -0.2) is 0 Å². The Kier molecular flexibility index (Phi) is 4.97. The number of hydrogen-bond acceptors (Lipinski definition) is 3. The summed E-state index contributed by atoms with van der Waals surface area (Å²) in [6, 6.07) is 12.2. The zero-order valence-corrected chi connectivity index (χ0v) is 14.1. The smallest absolute Gasteiger partial charge is 0.252 e. The third-order valence-electron chi connectivity index (χ3n) is 4.45. The number of nitrogens with zero attached hydrogens (tertiary/aromatic N) is 2. The van der Waals surface area contributed by atoms with Crippen molar-refractivity contribution in [1.29, 1.82) is 0 Å². The minimum absolute atomic E-state index is 0.115. The summed E-state index contributed by atoms with van der Waals surface area (Å²) in [5.74, 6) is -0.207. The Labute approximate surface area is 146 Å². The number of carbonyl (C=O) groups excluding carboxylic acids is 2. The Balaban J connectivity index is 1.81. The van der Waals surface area contributed by atoms with Gasteiger partial charge in [0.05, 0.1) is 6.04 Å². The lowest BCUT2D eigenvalue weighted by Gasteiger charge is -2.25. The van der Waals surface area contributed by atoms with Crippen LogP contribution in [0.15, 0.2) is 53.5 Å². The van der Waals surface area contributed by atoms with E-state index >= 15 is 0 Å². The largest absolute Gasteiger partial charge is 0.343 e. The van der Waals surface area contributed by atoms with Gasteiger partial charge in [0.15, 0.2) is 0 Å². The first-order valence-corrected chi connectivity index (χ1v) is 8.35. The monoisotopic (exact) mass is 339 g/mol. The maximum atomic E-state index is 12.6. The van der Waals surface area contributed by atoms with Gasteiger partial charge in [0.1, 0.15) is 0 Å². The number of rotatable bonds is 5. The van der Waals surface area contributed by atoms with Crippen LogP contribution in [0.3, 0.4) is 0 Å². The van der Waals surface area contributed by atoms with E-state index < -0.39 is 0 Å². The van der Waals surface area contributed by atoms with Gasteiger partial charge in [0, 0.05) is 44.4 Å². The van der Waals surface area contributed by atoms with E-state index in [0.717, 1.165) is 12.0 Å². The lowest BCUT2D eigenvalue weighted by molar-refractivity contribution is -0.128. The quantitative estimate of drug-likeness (QED) is 0.897. The van der Waals surface area contributed by atoms with Gasteiger partial charge in [-0.15, -0.1) is 0 Å². The van der Waals surface area contributed by atoms with E-state index in [1.807, 2.05) is 30.3 Å². The van der Waals surface area contributed by atoms with E-state index in [2.05, 4.69) is 5.32 Å². The molecule has 3 rings (SSSR count). The molecule has 0 radical (unpaired) electrons. The van der Waals surface area contributed by atoms with E-state index in [-0.39, 0.29) is 23.4 Å². The summed E-state index contributed by atoms with van der Waals surface area (Å²) in [5, 5.41) is 2.96. The van der Waals surface area contributed by atoms with Crippen molar-refractivity contribution in [3.63, 3.8) is 0 Å². The van der Waals surface area contributed by atoms with E-state index in [1.165, 1.54) is 10.6 Å². The van der Waals surface area contributed by atoms with Crippen LogP contribution < -0.4 is 10.9 Å². The van der Waals surface area contributed by atoms with Crippen LogP contribution in [0.5, 0.6) is 0 Å². The summed E-state index contributed by atoms with van der Waals surface area (Å²) in [4.78, 5) is 38.1. The fourth-order valence-electron chi connectivity index (χ4n) is 2.97. The van der Waals surface area contributed by atoms with Gasteiger partial charge in [-0.1, -0.05) is 30.3 Å². The molecule has 2 amide bonds. The molecule has 25 heavy (non-hydrogen) atoms. The number of aromatic nitrogens is 1. The van der Waals surface area contributed by atoms with Crippen molar-refractivity contribution >= 4 is 11.8 Å². The number of amides is 2. The minimum atomic E-state index is -0.321. The molecule has 0 aliphatic carbocycles. The number of pyridine rings is 1. The number of likely N-dealkylation sites (tertiary alicyclic amines) is 1. The van der Waals surface area contributed by atoms with Crippen LogP contribution in [0, 0.1) is 0 Å². The number of benzene rings is 1. The second-order valence-electron chi connectivity index (χ2n) is 6.24. The van der Waals surface area contributed by atoms with Gasteiger partial charge in [-0.05, 0) is 18.1 Å². The standard InChI is InChI=1S/C19H21N3O3/c1-21-11-9-15(12-18(21)24)19(25)20-16(14-6-3-2-4-7-14)13-22-10-5-8-17(22)23/h2-4,6-7,9,11-12,16H,5,8,10,13H2,1H3,(H,20,25). The molecule has 1 aliphatic rings. The van der Waals surface area contributed by atoms with Crippen LogP contribution in [0.4, 0.5) is 0 Å². The molecule has 6 heteroatoms. The van der Waals surface area contributed by atoms with E-state index in [0.29, 0.717) is 25.1 Å². The molecule has 1 unspecified atom stereocenters.